The number of aliphatic hydroxyl groups excluding tert-OH is 1. The lowest BCUT2D eigenvalue weighted by Gasteiger charge is -1.98. The van der Waals surface area contributed by atoms with Gasteiger partial charge in [-0.15, -0.1) is 0 Å². The Labute approximate surface area is 78.5 Å². The molecule has 0 aliphatic carbocycles. The summed E-state index contributed by atoms with van der Waals surface area (Å²) in [6.07, 6.45) is 1.39. The Hall–Kier alpha value is -1.73. The lowest BCUT2D eigenvalue weighted by molar-refractivity contribution is 0.260. The van der Waals surface area contributed by atoms with E-state index in [4.69, 9.17) is 15.4 Å². The predicted molar refractivity (Wildman–Crippen MR) is 43.8 cm³/mol. The smallest absolute Gasteiger partial charge is 0.280 e. The van der Waals surface area contributed by atoms with Crippen LogP contribution in [0.5, 0.6) is 0 Å². The molecule has 0 spiro atoms. The fourth-order valence-corrected chi connectivity index (χ4v) is 0.894. The highest BCUT2D eigenvalue weighted by Crippen LogP contribution is 2.15. The number of aromatic nitrogens is 3. The van der Waals surface area contributed by atoms with Crippen LogP contribution < -0.4 is 5.73 Å². The van der Waals surface area contributed by atoms with E-state index in [2.05, 4.69) is 19.8 Å². The molecular formula is C7H8N4O3. The topological polar surface area (TPSA) is 111 Å². The van der Waals surface area contributed by atoms with E-state index in [0.717, 1.165) is 0 Å². The van der Waals surface area contributed by atoms with Gasteiger partial charge in [-0.05, 0) is 0 Å². The van der Waals surface area contributed by atoms with E-state index in [1.807, 2.05) is 0 Å². The van der Waals surface area contributed by atoms with Crippen LogP contribution in [-0.4, -0.2) is 27.0 Å². The highest BCUT2D eigenvalue weighted by Gasteiger charge is 2.15. The van der Waals surface area contributed by atoms with Crippen LogP contribution in [0.4, 0.5) is 0 Å². The molecular weight excluding hydrogens is 188 g/mol. The molecule has 0 aliphatic heterocycles. The molecule has 0 radical (unpaired) electrons. The minimum absolute atomic E-state index is 0.220. The first-order chi connectivity index (χ1) is 6.81. The number of nitrogens with two attached hydrogens (primary N) is 1. The molecule has 0 saturated heterocycles. The summed E-state index contributed by atoms with van der Waals surface area (Å²) in [5, 5.41) is 15.9. The van der Waals surface area contributed by atoms with Crippen molar-refractivity contribution in [3.05, 3.63) is 18.2 Å². The predicted octanol–water partition coefficient (Wildman–Crippen LogP) is -0.283. The zero-order valence-corrected chi connectivity index (χ0v) is 7.12. The first-order valence-corrected chi connectivity index (χ1v) is 3.92. The molecule has 7 nitrogen and oxygen atoms in total. The van der Waals surface area contributed by atoms with Crippen molar-refractivity contribution in [2.45, 2.75) is 6.04 Å². The number of rotatable bonds is 3. The fraction of sp³-hybridized carbons (Fsp3) is 0.286. The minimum atomic E-state index is -0.639. The van der Waals surface area contributed by atoms with E-state index in [0.29, 0.717) is 5.69 Å². The van der Waals surface area contributed by atoms with Crippen LogP contribution in [0.25, 0.3) is 11.6 Å². The number of aliphatic hydroxyl groups is 1. The van der Waals surface area contributed by atoms with Gasteiger partial charge in [0.05, 0.1) is 12.6 Å². The van der Waals surface area contributed by atoms with E-state index in [9.17, 15) is 0 Å². The third-order valence-corrected chi connectivity index (χ3v) is 1.63. The first-order valence-electron chi connectivity index (χ1n) is 3.92. The van der Waals surface area contributed by atoms with Crippen molar-refractivity contribution in [1.82, 2.24) is 15.3 Å². The maximum absolute atomic E-state index is 8.75. The second-order valence-corrected chi connectivity index (χ2v) is 2.63. The van der Waals surface area contributed by atoms with Gasteiger partial charge in [-0.1, -0.05) is 10.3 Å². The standard InChI is InChI=1S/C7H8N4O3/c8-4(3-12)6-9-7(14-11-6)5-1-2-13-10-5/h1-2,4,12H,3,8H2. The molecule has 0 amide bonds. The van der Waals surface area contributed by atoms with Gasteiger partial charge in [-0.25, -0.2) is 0 Å². The number of hydrogen-bond donors (Lipinski definition) is 2. The van der Waals surface area contributed by atoms with Crippen LogP contribution in [0.15, 0.2) is 21.4 Å². The lowest BCUT2D eigenvalue weighted by atomic mass is 10.3. The Morgan fingerprint density at radius 1 is 1.50 bits per heavy atom. The Balaban J connectivity index is 2.26. The van der Waals surface area contributed by atoms with Crippen LogP contribution in [0.1, 0.15) is 11.9 Å². The van der Waals surface area contributed by atoms with Gasteiger partial charge in [0, 0.05) is 6.07 Å². The van der Waals surface area contributed by atoms with Crippen LogP contribution in [0, 0.1) is 0 Å². The van der Waals surface area contributed by atoms with Crippen LogP contribution in [0.2, 0.25) is 0 Å². The van der Waals surface area contributed by atoms with Crippen molar-refractivity contribution in [3.8, 4) is 11.6 Å². The van der Waals surface area contributed by atoms with Crippen molar-refractivity contribution in [3.63, 3.8) is 0 Å². The van der Waals surface area contributed by atoms with Crippen molar-refractivity contribution in [2.24, 2.45) is 5.73 Å². The van der Waals surface area contributed by atoms with Crippen LogP contribution in [-0.2, 0) is 0 Å². The van der Waals surface area contributed by atoms with Gasteiger partial charge in [0.2, 0.25) is 0 Å². The molecule has 2 rings (SSSR count). The third kappa shape index (κ3) is 1.50. The Morgan fingerprint density at radius 2 is 2.36 bits per heavy atom. The Morgan fingerprint density at radius 3 is 3.00 bits per heavy atom. The summed E-state index contributed by atoms with van der Waals surface area (Å²) in [7, 11) is 0. The molecule has 0 bridgehead atoms. The van der Waals surface area contributed by atoms with Crippen molar-refractivity contribution < 1.29 is 14.2 Å². The summed E-state index contributed by atoms with van der Waals surface area (Å²) in [4.78, 5) is 3.94. The first kappa shape index (κ1) is 8.85. The molecule has 0 fully saturated rings. The summed E-state index contributed by atoms with van der Waals surface area (Å²) in [6.45, 7) is -0.238. The molecule has 7 heteroatoms. The van der Waals surface area contributed by atoms with E-state index in [1.165, 1.54) is 6.26 Å². The lowest BCUT2D eigenvalue weighted by Crippen LogP contribution is -2.15. The molecule has 3 N–H and O–H groups in total. The van der Waals surface area contributed by atoms with Gasteiger partial charge in [0.15, 0.2) is 11.5 Å². The van der Waals surface area contributed by atoms with E-state index in [-0.39, 0.29) is 18.3 Å². The Bertz CT molecular complexity index is 397. The normalized spacial score (nSPS) is 13.0. The molecule has 0 saturated carbocycles. The maximum atomic E-state index is 8.75. The van der Waals surface area contributed by atoms with E-state index < -0.39 is 6.04 Å². The van der Waals surface area contributed by atoms with Gasteiger partial charge in [0.1, 0.15) is 6.26 Å². The molecule has 2 aromatic rings. The number of nitrogens with zero attached hydrogens (tertiary/aromatic N) is 3. The summed E-state index contributed by atoms with van der Waals surface area (Å²) < 4.78 is 9.46. The zero-order valence-electron chi connectivity index (χ0n) is 7.12. The molecule has 1 unspecified atom stereocenters. The van der Waals surface area contributed by atoms with Gasteiger partial charge in [-0.2, -0.15) is 4.98 Å². The van der Waals surface area contributed by atoms with E-state index in [1.54, 1.807) is 6.07 Å². The van der Waals surface area contributed by atoms with Gasteiger partial charge in [0.25, 0.3) is 5.89 Å². The molecule has 14 heavy (non-hydrogen) atoms. The van der Waals surface area contributed by atoms with Gasteiger partial charge < -0.3 is 19.9 Å². The molecule has 2 aromatic heterocycles. The fourth-order valence-electron chi connectivity index (χ4n) is 0.894. The summed E-state index contributed by atoms with van der Waals surface area (Å²) in [5.74, 6) is 0.461. The maximum Gasteiger partial charge on any atom is 0.280 e. The Kier molecular flexibility index (Phi) is 2.25. The third-order valence-electron chi connectivity index (χ3n) is 1.63. The summed E-state index contributed by atoms with van der Waals surface area (Å²) in [5.41, 5.74) is 5.92. The number of hydrogen-bond acceptors (Lipinski definition) is 7. The van der Waals surface area contributed by atoms with Crippen LogP contribution in [0.3, 0.4) is 0 Å². The van der Waals surface area contributed by atoms with Gasteiger partial charge in [-0.3, -0.25) is 0 Å². The zero-order chi connectivity index (χ0) is 9.97. The summed E-state index contributed by atoms with van der Waals surface area (Å²) >= 11 is 0. The SMILES string of the molecule is NC(CO)c1noc(-c2ccon2)n1. The highest BCUT2D eigenvalue weighted by molar-refractivity contribution is 5.43. The monoisotopic (exact) mass is 196 g/mol. The quantitative estimate of drug-likeness (QED) is 0.694. The molecule has 1 atom stereocenters. The molecule has 0 aromatic carbocycles. The van der Waals surface area contributed by atoms with Crippen molar-refractivity contribution in [1.29, 1.82) is 0 Å². The largest absolute Gasteiger partial charge is 0.394 e. The minimum Gasteiger partial charge on any atom is -0.394 e. The molecule has 2 heterocycles. The van der Waals surface area contributed by atoms with E-state index >= 15 is 0 Å². The van der Waals surface area contributed by atoms with Crippen molar-refractivity contribution in [2.75, 3.05) is 6.61 Å². The molecule has 74 valence electrons. The second-order valence-electron chi connectivity index (χ2n) is 2.63. The van der Waals surface area contributed by atoms with Crippen LogP contribution >= 0.6 is 0 Å². The highest BCUT2D eigenvalue weighted by atomic mass is 16.5. The average Bonchev–Trinajstić information content (AvgIpc) is 2.86. The van der Waals surface area contributed by atoms with Crippen molar-refractivity contribution >= 4 is 0 Å². The average molecular weight is 196 g/mol. The second kappa shape index (κ2) is 3.56. The molecule has 0 aliphatic rings. The van der Waals surface area contributed by atoms with Gasteiger partial charge >= 0.3 is 0 Å². The summed E-state index contributed by atoms with van der Waals surface area (Å²) in [6, 6.07) is 0.946.